The van der Waals surface area contributed by atoms with Crippen molar-refractivity contribution in [1.29, 1.82) is 0 Å². The minimum atomic E-state index is -0.468. The minimum absolute atomic E-state index is 0.294. The highest BCUT2D eigenvalue weighted by Crippen LogP contribution is 2.44. The van der Waals surface area contributed by atoms with Crippen LogP contribution in [0, 0.1) is 29.4 Å². The zero-order chi connectivity index (χ0) is 16.9. The van der Waals surface area contributed by atoms with Crippen LogP contribution in [0.25, 0.3) is 0 Å². The summed E-state index contributed by atoms with van der Waals surface area (Å²) >= 11 is 0. The van der Waals surface area contributed by atoms with Crippen LogP contribution in [-0.4, -0.2) is 0 Å². The smallest absolute Gasteiger partial charge is 0.129 e. The standard InChI is InChI=1S/C22H32F2/c1-2-3-4-16-5-7-17(8-6-16)18-9-11-19(12-10-18)21-14-13-20(23)15-22(21)24/h13-19H,2-12H2,1H3/t16-,17-,18?,19?. The van der Waals surface area contributed by atoms with Crippen molar-refractivity contribution in [2.75, 3.05) is 0 Å². The summed E-state index contributed by atoms with van der Waals surface area (Å²) in [7, 11) is 0. The molecule has 0 spiro atoms. The Balaban J connectivity index is 1.47. The van der Waals surface area contributed by atoms with E-state index < -0.39 is 5.82 Å². The van der Waals surface area contributed by atoms with Crippen molar-refractivity contribution in [3.8, 4) is 0 Å². The van der Waals surface area contributed by atoms with Gasteiger partial charge in [-0.25, -0.2) is 8.78 Å². The Morgan fingerprint density at radius 1 is 0.875 bits per heavy atom. The van der Waals surface area contributed by atoms with E-state index in [9.17, 15) is 8.78 Å². The summed E-state index contributed by atoms with van der Waals surface area (Å²) in [5.74, 6) is 2.20. The van der Waals surface area contributed by atoms with Gasteiger partial charge in [0.1, 0.15) is 11.6 Å². The zero-order valence-electron chi connectivity index (χ0n) is 15.1. The molecule has 0 unspecified atom stereocenters. The van der Waals surface area contributed by atoms with E-state index in [1.54, 1.807) is 6.07 Å². The van der Waals surface area contributed by atoms with Gasteiger partial charge < -0.3 is 0 Å². The average Bonchev–Trinajstić information content (AvgIpc) is 2.61. The summed E-state index contributed by atoms with van der Waals surface area (Å²) in [6.07, 6.45) is 14.4. The van der Waals surface area contributed by atoms with Crippen molar-refractivity contribution in [3.05, 3.63) is 35.4 Å². The Morgan fingerprint density at radius 3 is 2.08 bits per heavy atom. The predicted molar refractivity (Wildman–Crippen MR) is 96.0 cm³/mol. The molecule has 0 bridgehead atoms. The van der Waals surface area contributed by atoms with Crippen molar-refractivity contribution < 1.29 is 8.78 Å². The molecule has 0 atom stereocenters. The molecule has 0 radical (unpaired) electrons. The molecule has 2 saturated carbocycles. The lowest BCUT2D eigenvalue weighted by molar-refractivity contribution is 0.155. The van der Waals surface area contributed by atoms with Crippen LogP contribution in [0.4, 0.5) is 8.78 Å². The van der Waals surface area contributed by atoms with Crippen LogP contribution in [0.3, 0.4) is 0 Å². The first-order valence-electron chi connectivity index (χ1n) is 10.1. The summed E-state index contributed by atoms with van der Waals surface area (Å²) in [5.41, 5.74) is 0.734. The van der Waals surface area contributed by atoms with Gasteiger partial charge in [0.15, 0.2) is 0 Å². The summed E-state index contributed by atoms with van der Waals surface area (Å²) < 4.78 is 27.1. The fourth-order valence-electron chi connectivity index (χ4n) is 5.18. The van der Waals surface area contributed by atoms with Crippen molar-refractivity contribution in [2.45, 2.75) is 83.5 Å². The van der Waals surface area contributed by atoms with Crippen LogP contribution in [0.15, 0.2) is 18.2 Å². The molecule has 1 aromatic rings. The molecule has 0 saturated heterocycles. The summed E-state index contributed by atoms with van der Waals surface area (Å²) in [6, 6.07) is 4.11. The molecule has 134 valence electrons. The Bertz CT molecular complexity index is 509. The van der Waals surface area contributed by atoms with Gasteiger partial charge in [-0.3, -0.25) is 0 Å². The van der Waals surface area contributed by atoms with E-state index in [0.29, 0.717) is 5.92 Å². The monoisotopic (exact) mass is 334 g/mol. The Labute approximate surface area is 146 Å². The molecule has 2 aliphatic carbocycles. The highest BCUT2D eigenvalue weighted by Gasteiger charge is 2.31. The van der Waals surface area contributed by atoms with Gasteiger partial charge in [-0.15, -0.1) is 0 Å². The van der Waals surface area contributed by atoms with Gasteiger partial charge in [0.05, 0.1) is 0 Å². The van der Waals surface area contributed by atoms with Crippen LogP contribution >= 0.6 is 0 Å². The van der Waals surface area contributed by atoms with Crippen LogP contribution in [0.5, 0.6) is 0 Å². The van der Waals surface area contributed by atoms with Crippen molar-refractivity contribution >= 4 is 0 Å². The molecule has 0 amide bonds. The number of benzene rings is 1. The van der Waals surface area contributed by atoms with E-state index in [1.165, 1.54) is 63.9 Å². The van der Waals surface area contributed by atoms with E-state index in [1.807, 2.05) is 0 Å². The lowest BCUT2D eigenvalue weighted by Crippen LogP contribution is -2.25. The SMILES string of the molecule is CCCC[C@H]1CC[C@H](C2CCC(c3ccc(F)cc3F)CC2)CC1. The van der Waals surface area contributed by atoms with Gasteiger partial charge in [0.25, 0.3) is 0 Å². The minimum Gasteiger partial charge on any atom is -0.207 e. The second-order valence-corrected chi connectivity index (χ2v) is 8.20. The molecule has 24 heavy (non-hydrogen) atoms. The third-order valence-electron chi connectivity index (χ3n) is 6.70. The van der Waals surface area contributed by atoms with Crippen molar-refractivity contribution in [3.63, 3.8) is 0 Å². The lowest BCUT2D eigenvalue weighted by atomic mass is 9.68. The lowest BCUT2D eigenvalue weighted by Gasteiger charge is -2.38. The van der Waals surface area contributed by atoms with Gasteiger partial charge in [-0.05, 0) is 73.8 Å². The molecule has 0 aromatic heterocycles. The molecule has 0 heterocycles. The maximum absolute atomic E-state index is 14.0. The molecular formula is C22H32F2. The summed E-state index contributed by atoms with van der Waals surface area (Å²) in [5, 5.41) is 0. The van der Waals surface area contributed by atoms with Crippen molar-refractivity contribution in [2.24, 2.45) is 17.8 Å². The van der Waals surface area contributed by atoms with E-state index >= 15 is 0 Å². The maximum atomic E-state index is 14.0. The number of hydrogen-bond acceptors (Lipinski definition) is 0. The second kappa shape index (κ2) is 8.45. The van der Waals surface area contributed by atoms with E-state index in [-0.39, 0.29) is 5.82 Å². The highest BCUT2D eigenvalue weighted by atomic mass is 19.1. The fraction of sp³-hybridized carbons (Fsp3) is 0.727. The maximum Gasteiger partial charge on any atom is 0.129 e. The summed E-state index contributed by atoms with van der Waals surface area (Å²) in [6.45, 7) is 2.29. The Morgan fingerprint density at radius 2 is 1.50 bits per heavy atom. The van der Waals surface area contributed by atoms with Crippen LogP contribution in [-0.2, 0) is 0 Å². The number of unbranched alkanes of at least 4 members (excludes halogenated alkanes) is 1. The largest absolute Gasteiger partial charge is 0.207 e. The first kappa shape index (κ1) is 17.9. The van der Waals surface area contributed by atoms with Gasteiger partial charge >= 0.3 is 0 Å². The fourth-order valence-corrected chi connectivity index (χ4v) is 5.18. The Kier molecular flexibility index (Phi) is 6.30. The normalized spacial score (nSPS) is 31.1. The zero-order valence-corrected chi connectivity index (χ0v) is 15.1. The van der Waals surface area contributed by atoms with Gasteiger partial charge in [-0.2, -0.15) is 0 Å². The highest BCUT2D eigenvalue weighted by molar-refractivity contribution is 5.23. The molecular weight excluding hydrogens is 302 g/mol. The van der Waals surface area contributed by atoms with Gasteiger partial charge in [0, 0.05) is 6.07 Å². The van der Waals surface area contributed by atoms with Crippen LogP contribution in [0.1, 0.15) is 89.0 Å². The summed E-state index contributed by atoms with van der Waals surface area (Å²) in [4.78, 5) is 0. The van der Waals surface area contributed by atoms with Crippen LogP contribution in [0.2, 0.25) is 0 Å². The molecule has 2 heteroatoms. The topological polar surface area (TPSA) is 0 Å². The number of halogens is 2. The van der Waals surface area contributed by atoms with E-state index in [4.69, 9.17) is 0 Å². The van der Waals surface area contributed by atoms with Gasteiger partial charge in [-0.1, -0.05) is 45.1 Å². The average molecular weight is 334 g/mol. The number of hydrogen-bond donors (Lipinski definition) is 0. The predicted octanol–water partition coefficient (Wildman–Crippen LogP) is 7.24. The molecule has 0 aliphatic heterocycles. The van der Waals surface area contributed by atoms with Crippen LogP contribution < -0.4 is 0 Å². The third kappa shape index (κ3) is 4.37. The van der Waals surface area contributed by atoms with Gasteiger partial charge in [0.2, 0.25) is 0 Å². The molecule has 1 aromatic carbocycles. The molecule has 2 aliphatic rings. The van der Waals surface area contributed by atoms with E-state index in [0.717, 1.165) is 42.2 Å². The molecule has 2 fully saturated rings. The first-order chi connectivity index (χ1) is 11.7. The number of rotatable bonds is 5. The second-order valence-electron chi connectivity index (χ2n) is 8.20. The molecule has 3 rings (SSSR count). The van der Waals surface area contributed by atoms with E-state index in [2.05, 4.69) is 6.92 Å². The molecule has 0 nitrogen and oxygen atoms in total. The Hall–Kier alpha value is -0.920. The van der Waals surface area contributed by atoms with Crippen molar-refractivity contribution in [1.82, 2.24) is 0 Å². The molecule has 0 N–H and O–H groups in total. The quantitative estimate of drug-likeness (QED) is 0.532. The third-order valence-corrected chi connectivity index (χ3v) is 6.70. The first-order valence-corrected chi connectivity index (χ1v) is 10.1.